The van der Waals surface area contributed by atoms with Crippen molar-refractivity contribution in [2.75, 3.05) is 25.6 Å². The highest BCUT2D eigenvalue weighted by atomic mass is 35.5. The largest absolute Gasteiger partial charge is 0.508 e. The number of alkyl halides is 1. The number of nitrogens with one attached hydrogen (secondary N) is 3. The summed E-state index contributed by atoms with van der Waals surface area (Å²) in [5.41, 5.74) is 9.42. The highest BCUT2D eigenvalue weighted by Gasteiger charge is 2.44. The van der Waals surface area contributed by atoms with Crippen molar-refractivity contribution in [3.05, 3.63) is 137 Å². The maximum atomic E-state index is 14.0. The van der Waals surface area contributed by atoms with E-state index >= 15 is 0 Å². The van der Waals surface area contributed by atoms with Gasteiger partial charge in [-0.25, -0.2) is 4.98 Å². The van der Waals surface area contributed by atoms with Crippen LogP contribution >= 0.6 is 22.9 Å². The Bertz CT molecular complexity index is 2580. The van der Waals surface area contributed by atoms with Crippen LogP contribution in [-0.2, 0) is 25.7 Å². The molecule has 6 rings (SSSR count). The molecule has 0 saturated carbocycles. The molecular weight excluding hydrogens is 970 g/mol. The fourth-order valence-corrected chi connectivity index (χ4v) is 10.5. The number of aryl methyl sites for hydroxylation is 1. The fraction of sp³-hybridized carbons (Fsp3) is 0.450. The van der Waals surface area contributed by atoms with Crippen molar-refractivity contribution in [1.29, 1.82) is 0 Å². The number of ether oxygens (including phenoxy) is 1. The van der Waals surface area contributed by atoms with E-state index in [0.717, 1.165) is 114 Å². The van der Waals surface area contributed by atoms with Crippen molar-refractivity contribution >= 4 is 57.7 Å². The predicted octanol–water partition coefficient (Wildman–Crippen LogP) is 11.4. The number of hydrogen-bond donors (Lipinski definition) is 5. The summed E-state index contributed by atoms with van der Waals surface area (Å²) < 4.78 is 5.98. The molecule has 0 bridgehead atoms. The first-order chi connectivity index (χ1) is 35.7. The van der Waals surface area contributed by atoms with Crippen molar-refractivity contribution in [3.8, 4) is 21.9 Å². The number of aromatic nitrogens is 1. The van der Waals surface area contributed by atoms with Crippen LogP contribution < -0.4 is 20.7 Å². The standard InChI is InChI=1S/C60H76ClN5O7S/c1-42-56(74-41-64-42)47-24-22-43(23-25-47)39-63-58(71)52-38-49(68)40-66(52)59(72)57(60(2,3)4)65-54(70)21-17-12-10-8-6-5-7-9-11-16-20-53(69)62-36-37-73-50-32-28-46(29-33-50)55(45-26-30-48(67)31-27-45)51(34-35-61)44-18-14-13-15-19-44/h13-15,18-19,22-33,41,49,52,57,67-68H,5-12,16-17,20-21,34-40H2,1-4H3,(H,62,69)(H,63,71)(H,65,70)/t49-,52+,57?/m1/s1. The molecule has 3 atom stereocenters. The van der Waals surface area contributed by atoms with E-state index in [1.807, 2.05) is 112 Å². The first-order valence-electron chi connectivity index (χ1n) is 26.4. The lowest BCUT2D eigenvalue weighted by molar-refractivity contribution is -0.144. The number of carbonyl (C=O) groups is 4. The molecule has 1 aromatic heterocycles. The first-order valence-corrected chi connectivity index (χ1v) is 27.8. The van der Waals surface area contributed by atoms with Gasteiger partial charge in [0.1, 0.15) is 30.2 Å². The lowest BCUT2D eigenvalue weighted by Gasteiger charge is -2.35. The summed E-state index contributed by atoms with van der Waals surface area (Å²) in [7, 11) is 0. The van der Waals surface area contributed by atoms with Crippen molar-refractivity contribution < 1.29 is 34.1 Å². The molecule has 0 aliphatic carbocycles. The van der Waals surface area contributed by atoms with E-state index in [1.54, 1.807) is 23.5 Å². The van der Waals surface area contributed by atoms with Gasteiger partial charge in [-0.1, -0.05) is 151 Å². The number of aliphatic hydroxyl groups is 1. The molecule has 5 aromatic rings. The molecule has 4 amide bonds. The van der Waals surface area contributed by atoms with Gasteiger partial charge < -0.3 is 35.8 Å². The minimum atomic E-state index is -0.845. The minimum absolute atomic E-state index is 0.0339. The van der Waals surface area contributed by atoms with Crippen LogP contribution in [0.15, 0.2) is 109 Å². The molecule has 1 aliphatic heterocycles. The van der Waals surface area contributed by atoms with Crippen LogP contribution in [0, 0.1) is 12.3 Å². The van der Waals surface area contributed by atoms with E-state index in [4.69, 9.17) is 16.3 Å². The topological polar surface area (TPSA) is 170 Å². The number of allylic oxidation sites excluding steroid dienone is 1. The summed E-state index contributed by atoms with van der Waals surface area (Å²) in [4.78, 5) is 60.0. The zero-order valence-corrected chi connectivity index (χ0v) is 45.2. The number of amides is 4. The van der Waals surface area contributed by atoms with Gasteiger partial charge in [0.15, 0.2) is 0 Å². The van der Waals surface area contributed by atoms with Crippen LogP contribution in [0.4, 0.5) is 0 Å². The number of carbonyl (C=O) groups excluding carboxylic acids is 4. The quantitative estimate of drug-likeness (QED) is 0.0187. The van der Waals surface area contributed by atoms with Gasteiger partial charge in [-0.3, -0.25) is 19.2 Å². The van der Waals surface area contributed by atoms with Crippen LogP contribution in [0.1, 0.15) is 139 Å². The summed E-state index contributed by atoms with van der Waals surface area (Å²) in [6.45, 7) is 8.78. The third kappa shape index (κ3) is 17.6. The van der Waals surface area contributed by atoms with Gasteiger partial charge in [0.05, 0.1) is 28.7 Å². The Kier molecular flexibility index (Phi) is 22.6. The number of halogens is 1. The molecule has 1 unspecified atom stereocenters. The molecule has 1 fully saturated rings. The second-order valence-corrected chi connectivity index (χ2v) is 21.6. The molecule has 12 nitrogen and oxygen atoms in total. The summed E-state index contributed by atoms with van der Waals surface area (Å²) in [5.74, 6) is 0.550. The SMILES string of the molecule is Cc1ncsc1-c1ccc(CNC(=O)[C@@H]2C[C@@H](O)CN2C(=O)C(NC(=O)CCCCCCCCCCCCC(=O)NCCOc2ccc(C(=C(CCCl)c3ccccc3)c3ccc(O)cc3)cc2)C(C)(C)C)cc1. The second kappa shape index (κ2) is 29.2. The summed E-state index contributed by atoms with van der Waals surface area (Å²) >= 11 is 7.89. The van der Waals surface area contributed by atoms with E-state index in [1.165, 1.54) is 4.90 Å². The second-order valence-electron chi connectivity index (χ2n) is 20.4. The number of phenols is 1. The van der Waals surface area contributed by atoms with E-state index in [-0.39, 0.29) is 48.9 Å². The van der Waals surface area contributed by atoms with Gasteiger partial charge in [-0.2, -0.15) is 0 Å². The van der Waals surface area contributed by atoms with E-state index in [2.05, 4.69) is 33.1 Å². The molecule has 2 heterocycles. The lowest BCUT2D eigenvalue weighted by Crippen LogP contribution is -2.57. The highest BCUT2D eigenvalue weighted by molar-refractivity contribution is 7.13. The highest BCUT2D eigenvalue weighted by Crippen LogP contribution is 2.36. The van der Waals surface area contributed by atoms with Crippen LogP contribution in [0.25, 0.3) is 21.6 Å². The van der Waals surface area contributed by atoms with Crippen molar-refractivity contribution in [3.63, 3.8) is 0 Å². The monoisotopic (exact) mass is 1050 g/mol. The fourth-order valence-electron chi connectivity index (χ4n) is 9.46. The third-order valence-corrected chi connectivity index (χ3v) is 14.7. The number of unbranched alkanes of at least 4 members (excludes halogenated alkanes) is 9. The Labute approximate surface area is 447 Å². The lowest BCUT2D eigenvalue weighted by atomic mass is 9.85. The summed E-state index contributed by atoms with van der Waals surface area (Å²) in [6, 6.07) is 31.6. The third-order valence-electron chi connectivity index (χ3n) is 13.5. The Morgan fingerprint density at radius 2 is 1.35 bits per heavy atom. The van der Waals surface area contributed by atoms with Crippen LogP contribution in [0.2, 0.25) is 0 Å². The van der Waals surface area contributed by atoms with Gasteiger partial charge >= 0.3 is 0 Å². The molecule has 1 saturated heterocycles. The summed E-state index contributed by atoms with van der Waals surface area (Å²) in [5, 5.41) is 29.5. The van der Waals surface area contributed by atoms with Crippen LogP contribution in [-0.4, -0.2) is 87.5 Å². The van der Waals surface area contributed by atoms with Crippen LogP contribution in [0.3, 0.4) is 0 Å². The molecule has 0 spiro atoms. The Hall–Kier alpha value is -6.02. The molecule has 1 aliphatic rings. The van der Waals surface area contributed by atoms with Gasteiger partial charge in [0.25, 0.3) is 0 Å². The van der Waals surface area contributed by atoms with E-state index in [0.29, 0.717) is 44.0 Å². The number of aliphatic hydroxyl groups excluding tert-OH is 1. The van der Waals surface area contributed by atoms with Crippen LogP contribution in [0.5, 0.6) is 11.5 Å². The Morgan fingerprint density at radius 1 is 0.757 bits per heavy atom. The first kappa shape index (κ1) is 57.3. The zero-order chi connectivity index (χ0) is 52.9. The van der Waals surface area contributed by atoms with Gasteiger partial charge in [0, 0.05) is 38.2 Å². The average molecular weight is 1050 g/mol. The number of β-amino-alcohol motifs (C(OH)–C–C–N with tert-alkyl or cyclic N) is 1. The molecule has 5 N–H and O–H groups in total. The number of nitrogens with zero attached hydrogens (tertiary/aromatic N) is 2. The van der Waals surface area contributed by atoms with E-state index < -0.39 is 23.6 Å². The number of rotatable bonds is 28. The Balaban J connectivity index is 0.804. The number of phenolic OH excluding ortho intramolecular Hbond substituents is 1. The average Bonchev–Trinajstić information content (AvgIpc) is 4.02. The molecule has 14 heteroatoms. The smallest absolute Gasteiger partial charge is 0.246 e. The molecule has 4 aromatic carbocycles. The normalized spacial score (nSPS) is 15.3. The summed E-state index contributed by atoms with van der Waals surface area (Å²) in [6.07, 6.45) is 10.9. The molecule has 396 valence electrons. The van der Waals surface area contributed by atoms with Crippen molar-refractivity contribution in [2.24, 2.45) is 5.41 Å². The molecule has 0 radical (unpaired) electrons. The number of likely N-dealkylation sites (tertiary alicyclic amines) is 1. The molecule has 74 heavy (non-hydrogen) atoms. The number of aromatic hydroxyl groups is 1. The molecular formula is C60H76ClN5O7S. The number of hydrogen-bond acceptors (Lipinski definition) is 9. The number of benzene rings is 4. The van der Waals surface area contributed by atoms with Crippen molar-refractivity contribution in [1.82, 2.24) is 25.8 Å². The zero-order valence-electron chi connectivity index (χ0n) is 43.7. The van der Waals surface area contributed by atoms with E-state index in [9.17, 15) is 29.4 Å². The minimum Gasteiger partial charge on any atom is -0.508 e. The van der Waals surface area contributed by atoms with Gasteiger partial charge in [-0.15, -0.1) is 22.9 Å². The van der Waals surface area contributed by atoms with Crippen molar-refractivity contribution in [2.45, 2.75) is 142 Å². The van der Waals surface area contributed by atoms with Gasteiger partial charge in [-0.05, 0) is 94.8 Å². The predicted molar refractivity (Wildman–Crippen MR) is 298 cm³/mol. The van der Waals surface area contributed by atoms with Gasteiger partial charge in [0.2, 0.25) is 23.6 Å². The Morgan fingerprint density at radius 3 is 1.93 bits per heavy atom. The number of thiazole rings is 1. The maximum Gasteiger partial charge on any atom is 0.246 e. The maximum absolute atomic E-state index is 14.0.